The molecule has 0 spiro atoms. The van der Waals surface area contributed by atoms with Crippen LogP contribution < -0.4 is 21.7 Å². The van der Waals surface area contributed by atoms with E-state index in [9.17, 15) is 22.8 Å². The molecule has 0 radical (unpaired) electrons. The number of pyridine rings is 1. The average Bonchev–Trinajstić information content (AvgIpc) is 3.33. The van der Waals surface area contributed by atoms with Gasteiger partial charge < -0.3 is 26.4 Å². The Morgan fingerprint density at radius 1 is 1.08 bits per heavy atom. The molecule has 188 valence electrons. The highest BCUT2D eigenvalue weighted by atomic mass is 19.4. The third-order valence-corrected chi connectivity index (χ3v) is 5.77. The van der Waals surface area contributed by atoms with E-state index in [1.54, 1.807) is 24.3 Å². The summed E-state index contributed by atoms with van der Waals surface area (Å²) in [6, 6.07) is 14.8. The number of benzene rings is 2. The van der Waals surface area contributed by atoms with Gasteiger partial charge in [0.15, 0.2) is 0 Å². The second-order valence-electron chi connectivity index (χ2n) is 8.36. The van der Waals surface area contributed by atoms with Crippen molar-refractivity contribution in [2.45, 2.75) is 24.7 Å². The maximum Gasteiger partial charge on any atom is 0.418 e. The number of aromatic nitrogens is 1. The minimum atomic E-state index is -4.48. The molecule has 0 saturated carbocycles. The molecule has 8 nitrogen and oxygen atoms in total. The van der Waals surface area contributed by atoms with Gasteiger partial charge in [0.1, 0.15) is 11.4 Å². The largest absolute Gasteiger partial charge is 0.418 e. The molecule has 2 aromatic carbocycles. The lowest BCUT2D eigenvalue weighted by Gasteiger charge is -2.27. The molecule has 1 atom stereocenters. The maximum atomic E-state index is 13.2. The Bertz CT molecular complexity index is 1240. The fraction of sp³-hybridized carbons (Fsp3) is 0.240. The molecule has 4 rings (SSSR count). The van der Waals surface area contributed by atoms with E-state index in [4.69, 9.17) is 10.5 Å². The summed E-state index contributed by atoms with van der Waals surface area (Å²) in [4.78, 5) is 29.6. The summed E-state index contributed by atoms with van der Waals surface area (Å²) < 4.78 is 45.1. The molecule has 11 heteroatoms. The van der Waals surface area contributed by atoms with Gasteiger partial charge in [0.25, 0.3) is 5.91 Å². The van der Waals surface area contributed by atoms with Gasteiger partial charge >= 0.3 is 6.18 Å². The predicted octanol–water partition coefficient (Wildman–Crippen LogP) is 3.63. The Labute approximate surface area is 205 Å². The number of nitrogens with two attached hydrogens (primary N) is 1. The lowest BCUT2D eigenvalue weighted by atomic mass is 9.96. The summed E-state index contributed by atoms with van der Waals surface area (Å²) in [5, 5.41) is 8.35. The predicted molar refractivity (Wildman–Crippen MR) is 127 cm³/mol. The number of hydrogen-bond acceptors (Lipinski definition) is 6. The molecule has 1 saturated heterocycles. The third-order valence-electron chi connectivity index (χ3n) is 5.77. The lowest BCUT2D eigenvalue weighted by molar-refractivity contribution is -0.137. The Morgan fingerprint density at radius 3 is 2.50 bits per heavy atom. The molecular formula is C25H24F3N5O3. The van der Waals surface area contributed by atoms with Crippen molar-refractivity contribution in [2.24, 2.45) is 0 Å². The number of rotatable bonds is 7. The smallest absolute Gasteiger partial charge is 0.384 e. The summed E-state index contributed by atoms with van der Waals surface area (Å²) in [6.07, 6.45) is -2.78. The molecular weight excluding hydrogens is 475 g/mol. The standard InChI is InChI=1S/C25H24F3N5O3/c26-25(27,28)19-3-1-2-4-20(19)32-18-7-5-16(6-8-18)14-31-23(35)24(10-12-36-15-24)33-22(34)17-9-11-30-21(29)13-17/h1-9,11,13,32H,10,12,14-15H2,(H2,29,30)(H,31,35)(H,33,34)/t24-/m0/s1. The van der Waals surface area contributed by atoms with E-state index >= 15 is 0 Å². The maximum absolute atomic E-state index is 13.2. The Morgan fingerprint density at radius 2 is 1.83 bits per heavy atom. The topological polar surface area (TPSA) is 118 Å². The van der Waals surface area contributed by atoms with Crippen LogP contribution >= 0.6 is 0 Å². The van der Waals surface area contributed by atoms with E-state index in [0.717, 1.165) is 11.6 Å². The molecule has 0 unspecified atom stereocenters. The molecule has 3 aromatic rings. The van der Waals surface area contributed by atoms with E-state index in [0.29, 0.717) is 18.7 Å². The number of amides is 2. The number of halogens is 3. The minimum Gasteiger partial charge on any atom is -0.384 e. The van der Waals surface area contributed by atoms with Crippen LogP contribution in [-0.2, 0) is 22.3 Å². The summed E-state index contributed by atoms with van der Waals surface area (Å²) in [5.74, 6) is -0.695. The molecule has 36 heavy (non-hydrogen) atoms. The SMILES string of the molecule is Nc1cc(C(=O)N[C@@]2(C(=O)NCc3ccc(Nc4ccccc4C(F)(F)F)cc3)CCOC2)ccn1. The van der Waals surface area contributed by atoms with Crippen molar-refractivity contribution in [3.63, 3.8) is 0 Å². The normalized spacial score (nSPS) is 17.4. The van der Waals surface area contributed by atoms with Crippen LogP contribution in [0.15, 0.2) is 66.9 Å². The van der Waals surface area contributed by atoms with Crippen LogP contribution in [0.1, 0.15) is 27.9 Å². The van der Waals surface area contributed by atoms with Gasteiger partial charge in [-0.1, -0.05) is 24.3 Å². The van der Waals surface area contributed by atoms with E-state index in [1.165, 1.54) is 36.5 Å². The zero-order chi connectivity index (χ0) is 25.8. The molecule has 1 aliphatic rings. The van der Waals surface area contributed by atoms with Gasteiger partial charge in [-0.15, -0.1) is 0 Å². The van der Waals surface area contributed by atoms with Crippen molar-refractivity contribution >= 4 is 29.0 Å². The van der Waals surface area contributed by atoms with Crippen LogP contribution in [0.2, 0.25) is 0 Å². The van der Waals surface area contributed by atoms with Gasteiger partial charge in [0.05, 0.1) is 17.9 Å². The van der Waals surface area contributed by atoms with Crippen LogP contribution in [0.5, 0.6) is 0 Å². The van der Waals surface area contributed by atoms with E-state index in [1.807, 2.05) is 0 Å². The average molecular weight is 499 g/mol. The molecule has 0 aliphatic carbocycles. The van der Waals surface area contributed by atoms with Crippen molar-refractivity contribution in [1.82, 2.24) is 15.6 Å². The first-order valence-electron chi connectivity index (χ1n) is 11.1. The number of hydrogen-bond donors (Lipinski definition) is 4. The quantitative estimate of drug-likeness (QED) is 0.394. The van der Waals surface area contributed by atoms with E-state index in [2.05, 4.69) is 20.9 Å². The molecule has 1 aromatic heterocycles. The highest BCUT2D eigenvalue weighted by molar-refractivity contribution is 5.99. The van der Waals surface area contributed by atoms with Crippen LogP contribution in [0, 0.1) is 0 Å². The first kappa shape index (κ1) is 25.0. The molecule has 2 amide bonds. The number of nitrogen functional groups attached to an aromatic ring is 1. The van der Waals surface area contributed by atoms with Crippen molar-refractivity contribution in [3.05, 3.63) is 83.6 Å². The zero-order valence-electron chi connectivity index (χ0n) is 19.1. The fourth-order valence-corrected chi connectivity index (χ4v) is 3.83. The van der Waals surface area contributed by atoms with Crippen LogP contribution in [-0.4, -0.2) is 35.6 Å². The zero-order valence-corrected chi connectivity index (χ0v) is 19.1. The Hall–Kier alpha value is -4.12. The Kier molecular flexibility index (Phi) is 7.11. The number of nitrogens with zero attached hydrogens (tertiary/aromatic N) is 1. The highest BCUT2D eigenvalue weighted by Gasteiger charge is 2.43. The van der Waals surface area contributed by atoms with Gasteiger partial charge in [-0.3, -0.25) is 9.59 Å². The van der Waals surface area contributed by atoms with Gasteiger partial charge in [-0.25, -0.2) is 4.98 Å². The summed E-state index contributed by atoms with van der Waals surface area (Å²) in [5.41, 5.74) is 5.05. The minimum absolute atomic E-state index is 0.0204. The second kappa shape index (κ2) is 10.2. The lowest BCUT2D eigenvalue weighted by Crippen LogP contribution is -2.59. The fourth-order valence-electron chi connectivity index (χ4n) is 3.83. The van der Waals surface area contributed by atoms with Gasteiger partial charge in [-0.2, -0.15) is 13.2 Å². The van der Waals surface area contributed by atoms with Gasteiger partial charge in [0.2, 0.25) is 5.91 Å². The molecule has 1 fully saturated rings. The number of carbonyl (C=O) groups excluding carboxylic acids is 2. The second-order valence-corrected chi connectivity index (χ2v) is 8.36. The van der Waals surface area contributed by atoms with Crippen LogP contribution in [0.3, 0.4) is 0 Å². The van der Waals surface area contributed by atoms with Crippen LogP contribution in [0.25, 0.3) is 0 Å². The van der Waals surface area contributed by atoms with Crippen molar-refractivity contribution in [2.75, 3.05) is 24.3 Å². The monoisotopic (exact) mass is 499 g/mol. The summed E-state index contributed by atoms with van der Waals surface area (Å²) in [6.45, 7) is 0.483. The molecule has 1 aliphatic heterocycles. The summed E-state index contributed by atoms with van der Waals surface area (Å²) in [7, 11) is 0. The van der Waals surface area contributed by atoms with Crippen molar-refractivity contribution in [3.8, 4) is 0 Å². The van der Waals surface area contributed by atoms with Crippen molar-refractivity contribution < 1.29 is 27.5 Å². The number of para-hydroxylation sites is 1. The van der Waals surface area contributed by atoms with E-state index < -0.39 is 29.1 Å². The number of ether oxygens (including phenoxy) is 1. The van der Waals surface area contributed by atoms with Gasteiger partial charge in [0, 0.05) is 37.0 Å². The molecule has 5 N–H and O–H groups in total. The first-order valence-corrected chi connectivity index (χ1v) is 11.1. The molecule has 2 heterocycles. The third kappa shape index (κ3) is 5.74. The summed E-state index contributed by atoms with van der Waals surface area (Å²) >= 11 is 0. The Balaban J connectivity index is 1.39. The number of carbonyl (C=O) groups is 2. The first-order chi connectivity index (χ1) is 17.2. The van der Waals surface area contributed by atoms with Gasteiger partial charge in [-0.05, 0) is 42.0 Å². The van der Waals surface area contributed by atoms with Crippen LogP contribution in [0.4, 0.5) is 30.4 Å². The highest BCUT2D eigenvalue weighted by Crippen LogP contribution is 2.35. The number of alkyl halides is 3. The van der Waals surface area contributed by atoms with Crippen molar-refractivity contribution in [1.29, 1.82) is 0 Å². The molecule has 0 bridgehead atoms. The number of anilines is 3. The van der Waals surface area contributed by atoms with E-state index in [-0.39, 0.29) is 30.2 Å². The number of nitrogens with one attached hydrogen (secondary N) is 3.